The van der Waals surface area contributed by atoms with Gasteiger partial charge in [0.25, 0.3) is 0 Å². The highest BCUT2D eigenvalue weighted by atomic mass is 16.2. The quantitative estimate of drug-likeness (QED) is 0.766. The summed E-state index contributed by atoms with van der Waals surface area (Å²) in [5.41, 5.74) is 6.53. The first kappa shape index (κ1) is 18.7. The Morgan fingerprint density at radius 1 is 0.923 bits per heavy atom. The molecule has 0 saturated carbocycles. The van der Waals surface area contributed by atoms with E-state index in [1.807, 2.05) is 5.01 Å². The van der Waals surface area contributed by atoms with Gasteiger partial charge >= 0.3 is 11.8 Å². The third-order valence-electron chi connectivity index (χ3n) is 5.44. The third-order valence-corrected chi connectivity index (χ3v) is 5.44. The number of likely N-dealkylation sites (N-methyl/N-ethyl adjacent to an activating group) is 1. The van der Waals surface area contributed by atoms with Crippen molar-refractivity contribution in [3.05, 3.63) is 29.3 Å². The van der Waals surface area contributed by atoms with E-state index < -0.39 is 11.8 Å². The first-order chi connectivity index (χ1) is 12.5. The number of hydrazine groups is 1. The van der Waals surface area contributed by atoms with Crippen LogP contribution in [0.15, 0.2) is 18.2 Å². The number of benzene rings is 1. The number of rotatable bonds is 2. The third kappa shape index (κ3) is 4.16. The Morgan fingerprint density at radius 2 is 1.58 bits per heavy atom. The molecule has 7 nitrogen and oxygen atoms in total. The zero-order valence-electron chi connectivity index (χ0n) is 16.0. The molecule has 2 aliphatic heterocycles. The molecule has 7 heteroatoms. The smallest absolute Gasteiger partial charge is 0.323 e. The van der Waals surface area contributed by atoms with E-state index in [4.69, 9.17) is 0 Å². The zero-order chi connectivity index (χ0) is 18.7. The van der Waals surface area contributed by atoms with E-state index in [1.54, 1.807) is 4.90 Å². The Kier molecular flexibility index (Phi) is 5.78. The topological polar surface area (TPSA) is 59.1 Å². The van der Waals surface area contributed by atoms with Gasteiger partial charge in [-0.3, -0.25) is 15.0 Å². The summed E-state index contributed by atoms with van der Waals surface area (Å²) in [5, 5.41) is 1.84. The van der Waals surface area contributed by atoms with Crippen molar-refractivity contribution in [3.8, 4) is 0 Å². The molecule has 1 N–H and O–H groups in total. The van der Waals surface area contributed by atoms with Crippen LogP contribution < -0.4 is 10.3 Å². The van der Waals surface area contributed by atoms with Gasteiger partial charge in [-0.1, -0.05) is 12.1 Å². The molecule has 26 heavy (non-hydrogen) atoms. The number of carbonyl (C=O) groups is 2. The lowest BCUT2D eigenvalue weighted by Gasteiger charge is -2.37. The first-order valence-corrected chi connectivity index (χ1v) is 9.30. The van der Waals surface area contributed by atoms with Gasteiger partial charge in [0, 0.05) is 58.0 Å². The molecular weight excluding hydrogens is 330 g/mol. The molecule has 2 amide bonds. The number of carbonyl (C=O) groups excluding carboxylic acids is 2. The van der Waals surface area contributed by atoms with Gasteiger partial charge < -0.3 is 14.7 Å². The van der Waals surface area contributed by atoms with E-state index in [0.717, 1.165) is 39.3 Å². The maximum absolute atomic E-state index is 12.5. The molecule has 0 spiro atoms. The Hall–Kier alpha value is -2.12. The normalized spacial score (nSPS) is 19.5. The van der Waals surface area contributed by atoms with Gasteiger partial charge in [-0.15, -0.1) is 0 Å². The van der Waals surface area contributed by atoms with Crippen LogP contribution in [-0.2, 0) is 9.59 Å². The van der Waals surface area contributed by atoms with Gasteiger partial charge in [-0.2, -0.15) is 0 Å². The lowest BCUT2D eigenvalue weighted by molar-refractivity contribution is -0.149. The van der Waals surface area contributed by atoms with Crippen molar-refractivity contribution in [2.45, 2.75) is 13.8 Å². The van der Waals surface area contributed by atoms with Crippen LogP contribution in [0.4, 0.5) is 5.69 Å². The summed E-state index contributed by atoms with van der Waals surface area (Å²) in [6.07, 6.45) is 0. The number of hydrogen-bond acceptors (Lipinski definition) is 5. The van der Waals surface area contributed by atoms with Crippen LogP contribution in [0.3, 0.4) is 0 Å². The van der Waals surface area contributed by atoms with Gasteiger partial charge in [0.15, 0.2) is 0 Å². The second-order valence-corrected chi connectivity index (χ2v) is 7.23. The molecule has 0 aromatic heterocycles. The lowest BCUT2D eigenvalue weighted by atomic mass is 10.1. The van der Waals surface area contributed by atoms with Crippen molar-refractivity contribution in [3.63, 3.8) is 0 Å². The van der Waals surface area contributed by atoms with E-state index in [1.165, 1.54) is 16.8 Å². The molecule has 2 fully saturated rings. The number of amides is 2. The summed E-state index contributed by atoms with van der Waals surface area (Å²) >= 11 is 0. The molecular formula is C19H29N5O2. The van der Waals surface area contributed by atoms with E-state index in [9.17, 15) is 9.59 Å². The van der Waals surface area contributed by atoms with Crippen LogP contribution in [0.2, 0.25) is 0 Å². The van der Waals surface area contributed by atoms with Crippen LogP contribution in [0.1, 0.15) is 11.1 Å². The molecule has 142 valence electrons. The predicted octanol–water partition coefficient (Wildman–Crippen LogP) is 0.231. The monoisotopic (exact) mass is 359 g/mol. The van der Waals surface area contributed by atoms with E-state index in [-0.39, 0.29) is 0 Å². The number of nitrogens with zero attached hydrogens (tertiary/aromatic N) is 4. The maximum atomic E-state index is 12.5. The predicted molar refractivity (Wildman–Crippen MR) is 102 cm³/mol. The van der Waals surface area contributed by atoms with Crippen LogP contribution >= 0.6 is 0 Å². The standard InChI is InChI=1S/C19H29N5O2/c1-15-5-4-6-17(16(15)2)22-9-11-23(12-10-22)19(26)18(25)20-24-13-7-21(3)8-14-24/h4-6H,7-14H2,1-3H3,(H,20,25). The summed E-state index contributed by atoms with van der Waals surface area (Å²) in [5.74, 6) is -0.945. The summed E-state index contributed by atoms with van der Waals surface area (Å²) < 4.78 is 0. The number of anilines is 1. The van der Waals surface area contributed by atoms with Crippen molar-refractivity contribution in [2.75, 3.05) is 64.3 Å². The minimum absolute atomic E-state index is 0.426. The second-order valence-electron chi connectivity index (χ2n) is 7.23. The van der Waals surface area contributed by atoms with Gasteiger partial charge in [-0.05, 0) is 38.1 Å². The minimum atomic E-state index is -0.519. The number of nitrogens with one attached hydrogen (secondary N) is 1. The fraction of sp³-hybridized carbons (Fsp3) is 0.579. The van der Waals surface area contributed by atoms with Crippen molar-refractivity contribution in [2.24, 2.45) is 0 Å². The van der Waals surface area contributed by atoms with Crippen LogP contribution in [0.5, 0.6) is 0 Å². The molecule has 0 bridgehead atoms. The molecule has 0 unspecified atom stereocenters. The van der Waals surface area contributed by atoms with Crippen LogP contribution in [0, 0.1) is 13.8 Å². The molecule has 2 heterocycles. The van der Waals surface area contributed by atoms with E-state index >= 15 is 0 Å². The molecule has 1 aromatic carbocycles. The van der Waals surface area contributed by atoms with E-state index in [0.29, 0.717) is 13.1 Å². The largest absolute Gasteiger partial charge is 0.368 e. The van der Waals surface area contributed by atoms with Gasteiger partial charge in [0.2, 0.25) is 0 Å². The Morgan fingerprint density at radius 3 is 2.23 bits per heavy atom. The fourth-order valence-corrected chi connectivity index (χ4v) is 3.48. The highest BCUT2D eigenvalue weighted by Gasteiger charge is 2.28. The van der Waals surface area contributed by atoms with Crippen molar-refractivity contribution in [1.82, 2.24) is 20.2 Å². The molecule has 0 aliphatic carbocycles. The fourth-order valence-electron chi connectivity index (χ4n) is 3.48. The van der Waals surface area contributed by atoms with Crippen molar-refractivity contribution < 1.29 is 9.59 Å². The molecule has 0 radical (unpaired) electrons. The van der Waals surface area contributed by atoms with Gasteiger partial charge in [0.05, 0.1) is 0 Å². The minimum Gasteiger partial charge on any atom is -0.368 e. The highest BCUT2D eigenvalue weighted by molar-refractivity contribution is 6.34. The first-order valence-electron chi connectivity index (χ1n) is 9.30. The summed E-state index contributed by atoms with van der Waals surface area (Å²) in [6, 6.07) is 6.31. The Bertz CT molecular complexity index is 662. The number of piperazine rings is 2. The summed E-state index contributed by atoms with van der Waals surface area (Å²) in [4.78, 5) is 30.9. The average molecular weight is 359 g/mol. The Balaban J connectivity index is 1.51. The Labute approximate surface area is 155 Å². The summed E-state index contributed by atoms with van der Waals surface area (Å²) in [6.45, 7) is 10.2. The second kappa shape index (κ2) is 8.05. The van der Waals surface area contributed by atoms with Crippen molar-refractivity contribution in [1.29, 1.82) is 0 Å². The molecule has 0 atom stereocenters. The van der Waals surface area contributed by atoms with Crippen LogP contribution in [0.25, 0.3) is 0 Å². The maximum Gasteiger partial charge on any atom is 0.323 e. The number of hydrogen-bond donors (Lipinski definition) is 1. The number of aryl methyl sites for hydroxylation is 1. The van der Waals surface area contributed by atoms with Gasteiger partial charge in [0.1, 0.15) is 0 Å². The zero-order valence-corrected chi connectivity index (χ0v) is 16.0. The summed E-state index contributed by atoms with van der Waals surface area (Å²) in [7, 11) is 2.06. The molecule has 2 saturated heterocycles. The highest BCUT2D eigenvalue weighted by Crippen LogP contribution is 2.23. The molecule has 2 aliphatic rings. The van der Waals surface area contributed by atoms with E-state index in [2.05, 4.69) is 54.3 Å². The molecule has 3 rings (SSSR count). The SMILES string of the molecule is Cc1cccc(N2CCN(C(=O)C(=O)NN3CCN(C)CC3)CC2)c1C. The van der Waals surface area contributed by atoms with Crippen LogP contribution in [-0.4, -0.2) is 86.0 Å². The van der Waals surface area contributed by atoms with Gasteiger partial charge in [-0.25, -0.2) is 5.01 Å². The van der Waals surface area contributed by atoms with Crippen molar-refractivity contribution >= 4 is 17.5 Å². The average Bonchev–Trinajstić information content (AvgIpc) is 2.65. The lowest BCUT2D eigenvalue weighted by Crippen LogP contribution is -2.58. The molecule has 1 aromatic rings.